The molecule has 0 aromatic heterocycles. The topological polar surface area (TPSA) is 81.8 Å². The summed E-state index contributed by atoms with van der Waals surface area (Å²) in [6.07, 6.45) is 1.00. The summed E-state index contributed by atoms with van der Waals surface area (Å²) in [5, 5.41) is 11.1. The summed E-state index contributed by atoms with van der Waals surface area (Å²) >= 11 is 5.97. The number of hydrogen-bond acceptors (Lipinski definition) is 5. The Kier molecular flexibility index (Phi) is 7.66. The van der Waals surface area contributed by atoms with Crippen LogP contribution < -0.4 is 10.5 Å². The minimum absolute atomic E-state index is 0.0302. The number of carbonyl (C=O) groups excluding carboxylic acids is 1. The van der Waals surface area contributed by atoms with Crippen LogP contribution in [0.1, 0.15) is 31.4 Å². The molecule has 5 nitrogen and oxygen atoms in total. The first kappa shape index (κ1) is 21.2. The van der Waals surface area contributed by atoms with Crippen molar-refractivity contribution in [3.8, 4) is 5.75 Å². The van der Waals surface area contributed by atoms with E-state index >= 15 is 0 Å². The molecule has 2 rings (SSSR count). The Balaban J connectivity index is 1.82. The molecule has 0 aliphatic carbocycles. The van der Waals surface area contributed by atoms with Gasteiger partial charge in [0, 0.05) is 18.4 Å². The lowest BCUT2D eigenvalue weighted by Gasteiger charge is -2.27. The lowest BCUT2D eigenvalue weighted by molar-refractivity contribution is -0.140. The largest absolute Gasteiger partial charge is 0.493 e. The van der Waals surface area contributed by atoms with Crippen molar-refractivity contribution in [1.29, 1.82) is 0 Å². The smallest absolute Gasteiger partial charge is 0.302 e. The molecular formula is C21H26ClNO4. The van der Waals surface area contributed by atoms with E-state index in [0.717, 1.165) is 11.3 Å². The van der Waals surface area contributed by atoms with Crippen molar-refractivity contribution < 1.29 is 19.4 Å². The highest BCUT2D eigenvalue weighted by Gasteiger charge is 2.27. The number of hydrogen-bond donors (Lipinski definition) is 2. The first-order chi connectivity index (χ1) is 12.8. The number of benzene rings is 2. The maximum atomic E-state index is 10.8. The van der Waals surface area contributed by atoms with Gasteiger partial charge in [0.05, 0.1) is 13.2 Å². The molecule has 2 unspecified atom stereocenters. The summed E-state index contributed by atoms with van der Waals surface area (Å²) in [5.41, 5.74) is 6.25. The van der Waals surface area contributed by atoms with Gasteiger partial charge in [0.1, 0.15) is 11.5 Å². The van der Waals surface area contributed by atoms with Crippen LogP contribution in [0.4, 0.5) is 0 Å². The van der Waals surface area contributed by atoms with E-state index in [-0.39, 0.29) is 11.9 Å². The lowest BCUT2D eigenvalue weighted by atomic mass is 9.93. The highest BCUT2D eigenvalue weighted by atomic mass is 35.5. The molecule has 2 atom stereocenters. The van der Waals surface area contributed by atoms with Crippen LogP contribution in [0.2, 0.25) is 5.02 Å². The fourth-order valence-electron chi connectivity index (χ4n) is 2.77. The van der Waals surface area contributed by atoms with Gasteiger partial charge in [-0.25, -0.2) is 0 Å². The average Bonchev–Trinajstić information content (AvgIpc) is 2.60. The zero-order valence-corrected chi connectivity index (χ0v) is 16.4. The van der Waals surface area contributed by atoms with E-state index in [1.54, 1.807) is 24.3 Å². The van der Waals surface area contributed by atoms with E-state index in [9.17, 15) is 9.90 Å². The second-order valence-corrected chi connectivity index (χ2v) is 7.23. The van der Waals surface area contributed by atoms with Gasteiger partial charge in [-0.1, -0.05) is 42.8 Å². The molecule has 0 amide bonds. The van der Waals surface area contributed by atoms with Gasteiger partial charge in [-0.2, -0.15) is 0 Å². The molecule has 0 spiro atoms. The van der Waals surface area contributed by atoms with Crippen LogP contribution in [0.15, 0.2) is 48.5 Å². The number of aliphatic hydroxyl groups is 1. The second kappa shape index (κ2) is 9.74. The van der Waals surface area contributed by atoms with Crippen molar-refractivity contribution in [2.75, 3.05) is 13.2 Å². The highest BCUT2D eigenvalue weighted by molar-refractivity contribution is 6.30. The van der Waals surface area contributed by atoms with Crippen LogP contribution in [0, 0.1) is 5.92 Å². The molecule has 0 saturated carbocycles. The second-order valence-electron chi connectivity index (χ2n) is 6.79. The van der Waals surface area contributed by atoms with Crippen molar-refractivity contribution >= 4 is 17.6 Å². The van der Waals surface area contributed by atoms with E-state index < -0.39 is 5.72 Å². The van der Waals surface area contributed by atoms with Crippen molar-refractivity contribution in [3.05, 3.63) is 64.7 Å². The van der Waals surface area contributed by atoms with E-state index in [1.807, 2.05) is 31.2 Å². The summed E-state index contributed by atoms with van der Waals surface area (Å²) in [7, 11) is 0. The third-order valence-corrected chi connectivity index (χ3v) is 4.37. The van der Waals surface area contributed by atoms with Gasteiger partial charge in [-0.3, -0.25) is 10.5 Å². The molecule has 0 bridgehead atoms. The molecule has 146 valence electrons. The molecule has 2 aromatic rings. The predicted molar refractivity (Wildman–Crippen MR) is 106 cm³/mol. The Morgan fingerprint density at radius 1 is 1.26 bits per heavy atom. The van der Waals surface area contributed by atoms with Crippen LogP contribution in [0.25, 0.3) is 0 Å². The summed E-state index contributed by atoms with van der Waals surface area (Å²) in [6, 6.07) is 14.6. The number of ether oxygens (including phenoxy) is 2. The van der Waals surface area contributed by atoms with Gasteiger partial charge in [0.15, 0.2) is 0 Å². The summed E-state index contributed by atoms with van der Waals surface area (Å²) in [5.74, 6) is 0.491. The maximum absolute atomic E-state index is 10.8. The van der Waals surface area contributed by atoms with Crippen LogP contribution in [0.3, 0.4) is 0 Å². The van der Waals surface area contributed by atoms with Crippen molar-refractivity contribution in [1.82, 2.24) is 0 Å². The molecular weight excluding hydrogens is 366 g/mol. The first-order valence-electron chi connectivity index (χ1n) is 8.88. The zero-order chi connectivity index (χ0) is 19.9. The first-order valence-corrected chi connectivity index (χ1v) is 9.26. The predicted octanol–water partition coefficient (Wildman–Crippen LogP) is 3.65. The van der Waals surface area contributed by atoms with Crippen LogP contribution >= 0.6 is 11.6 Å². The summed E-state index contributed by atoms with van der Waals surface area (Å²) in [6.45, 7) is 4.15. The standard InChI is InChI=1S/C21H26ClNO4/c1-15(13-21(23,25)18-4-3-5-19(22)12-18)14-27-20-8-6-17(7-9-20)10-11-26-16(2)24/h3-9,12,15,25H,10-11,13-14,23H2,1-2H3. The quantitative estimate of drug-likeness (QED) is 0.503. The third kappa shape index (κ3) is 7.21. The van der Waals surface area contributed by atoms with E-state index in [4.69, 9.17) is 26.8 Å². The van der Waals surface area contributed by atoms with Gasteiger partial charge in [0.2, 0.25) is 0 Å². The van der Waals surface area contributed by atoms with Gasteiger partial charge < -0.3 is 14.6 Å². The number of carbonyl (C=O) groups is 1. The van der Waals surface area contributed by atoms with Gasteiger partial charge in [0.25, 0.3) is 0 Å². The van der Waals surface area contributed by atoms with Gasteiger partial charge in [-0.15, -0.1) is 0 Å². The number of nitrogens with two attached hydrogens (primary N) is 1. The van der Waals surface area contributed by atoms with Gasteiger partial charge in [-0.05, 0) is 47.7 Å². The highest BCUT2D eigenvalue weighted by Crippen LogP contribution is 2.26. The molecule has 0 fully saturated rings. The minimum atomic E-state index is -1.46. The molecule has 27 heavy (non-hydrogen) atoms. The Bertz CT molecular complexity index is 746. The molecule has 0 aliphatic rings. The van der Waals surface area contributed by atoms with Crippen LogP contribution in [-0.2, 0) is 21.7 Å². The Labute approximate surface area is 165 Å². The molecule has 0 heterocycles. The van der Waals surface area contributed by atoms with E-state index in [0.29, 0.717) is 36.6 Å². The van der Waals surface area contributed by atoms with Crippen molar-refractivity contribution in [2.45, 2.75) is 32.4 Å². The molecule has 0 radical (unpaired) electrons. The van der Waals surface area contributed by atoms with Crippen LogP contribution in [-0.4, -0.2) is 24.3 Å². The lowest BCUT2D eigenvalue weighted by Crippen LogP contribution is -2.39. The average molecular weight is 392 g/mol. The van der Waals surface area contributed by atoms with E-state index in [2.05, 4.69) is 0 Å². The number of esters is 1. The molecule has 3 N–H and O–H groups in total. The molecule has 0 aliphatic heterocycles. The monoisotopic (exact) mass is 391 g/mol. The number of halogens is 1. The normalized spacial score (nSPS) is 14.3. The fraction of sp³-hybridized carbons (Fsp3) is 0.381. The SMILES string of the molecule is CC(=O)OCCc1ccc(OCC(C)CC(N)(O)c2cccc(Cl)c2)cc1. The van der Waals surface area contributed by atoms with Crippen molar-refractivity contribution in [2.24, 2.45) is 11.7 Å². The van der Waals surface area contributed by atoms with Gasteiger partial charge >= 0.3 is 5.97 Å². The van der Waals surface area contributed by atoms with E-state index in [1.165, 1.54) is 6.92 Å². The maximum Gasteiger partial charge on any atom is 0.302 e. The minimum Gasteiger partial charge on any atom is -0.493 e. The fourth-order valence-corrected chi connectivity index (χ4v) is 2.96. The number of rotatable bonds is 9. The van der Waals surface area contributed by atoms with Crippen LogP contribution in [0.5, 0.6) is 5.75 Å². The summed E-state index contributed by atoms with van der Waals surface area (Å²) in [4.78, 5) is 10.8. The summed E-state index contributed by atoms with van der Waals surface area (Å²) < 4.78 is 10.7. The molecule has 2 aromatic carbocycles. The Morgan fingerprint density at radius 2 is 1.96 bits per heavy atom. The Hall–Kier alpha value is -2.08. The molecule has 0 saturated heterocycles. The third-order valence-electron chi connectivity index (χ3n) is 4.14. The zero-order valence-electron chi connectivity index (χ0n) is 15.7. The Morgan fingerprint density at radius 3 is 2.59 bits per heavy atom. The van der Waals surface area contributed by atoms with Crippen molar-refractivity contribution in [3.63, 3.8) is 0 Å². The molecule has 6 heteroatoms.